The molecule has 0 saturated heterocycles. The van der Waals surface area contributed by atoms with E-state index in [0.717, 1.165) is 22.8 Å². The number of hydrogen-bond donors (Lipinski definition) is 2. The Labute approximate surface area is 152 Å². The van der Waals surface area contributed by atoms with Gasteiger partial charge in [0.15, 0.2) is 5.78 Å². The minimum atomic E-state index is 0.0339. The molecule has 0 fully saturated rings. The standard InChI is InChI=1S/C20H20N4O2/c1-13-12-19(23-17-6-4-5-7-18(17)26-3)24-20(21-13)22-16-10-8-15(9-11-16)14(2)25/h4-12H,1-3H3,(H2,21,22,23,24). The Morgan fingerprint density at radius 3 is 2.42 bits per heavy atom. The highest BCUT2D eigenvalue weighted by Crippen LogP contribution is 2.27. The van der Waals surface area contributed by atoms with Crippen molar-refractivity contribution in [3.8, 4) is 5.75 Å². The summed E-state index contributed by atoms with van der Waals surface area (Å²) < 4.78 is 5.36. The third-order valence-corrected chi connectivity index (χ3v) is 3.77. The fourth-order valence-electron chi connectivity index (χ4n) is 2.49. The molecule has 0 aliphatic heterocycles. The largest absolute Gasteiger partial charge is 0.495 e. The lowest BCUT2D eigenvalue weighted by Crippen LogP contribution is -2.03. The van der Waals surface area contributed by atoms with Gasteiger partial charge in [-0.15, -0.1) is 0 Å². The molecule has 3 aromatic rings. The van der Waals surface area contributed by atoms with Crippen molar-refractivity contribution in [2.24, 2.45) is 0 Å². The molecule has 0 saturated carbocycles. The predicted molar refractivity (Wildman–Crippen MR) is 103 cm³/mol. The van der Waals surface area contributed by atoms with Crippen molar-refractivity contribution in [1.29, 1.82) is 0 Å². The molecule has 0 unspecified atom stereocenters. The molecular formula is C20H20N4O2. The molecule has 1 aromatic heterocycles. The second-order valence-corrected chi connectivity index (χ2v) is 5.80. The number of carbonyl (C=O) groups excluding carboxylic acids is 1. The highest BCUT2D eigenvalue weighted by Gasteiger charge is 2.07. The lowest BCUT2D eigenvalue weighted by molar-refractivity contribution is 0.101. The number of ketones is 1. The fourth-order valence-corrected chi connectivity index (χ4v) is 2.49. The Kier molecular flexibility index (Phi) is 5.12. The summed E-state index contributed by atoms with van der Waals surface area (Å²) in [6.45, 7) is 3.45. The zero-order valence-electron chi connectivity index (χ0n) is 14.9. The number of nitrogens with one attached hydrogen (secondary N) is 2. The van der Waals surface area contributed by atoms with E-state index in [1.165, 1.54) is 0 Å². The Hall–Kier alpha value is -3.41. The fraction of sp³-hybridized carbons (Fsp3) is 0.150. The summed E-state index contributed by atoms with van der Waals surface area (Å²) in [5.41, 5.74) is 3.12. The van der Waals surface area contributed by atoms with Crippen molar-refractivity contribution < 1.29 is 9.53 Å². The van der Waals surface area contributed by atoms with Crippen LogP contribution in [0.15, 0.2) is 54.6 Å². The maximum atomic E-state index is 11.4. The van der Waals surface area contributed by atoms with Crippen LogP contribution in [0.5, 0.6) is 5.75 Å². The Morgan fingerprint density at radius 2 is 1.73 bits per heavy atom. The molecule has 0 spiro atoms. The molecule has 0 aliphatic carbocycles. The predicted octanol–water partition coefficient (Wildman–Crippen LogP) is 4.48. The molecule has 6 nitrogen and oxygen atoms in total. The molecule has 2 N–H and O–H groups in total. The number of rotatable bonds is 6. The van der Waals surface area contributed by atoms with Gasteiger partial charge in [0, 0.05) is 23.0 Å². The molecule has 6 heteroatoms. The summed E-state index contributed by atoms with van der Waals surface area (Å²) in [5.74, 6) is 1.90. The van der Waals surface area contributed by atoms with E-state index in [0.29, 0.717) is 17.3 Å². The maximum Gasteiger partial charge on any atom is 0.229 e. The molecular weight excluding hydrogens is 328 g/mol. The monoisotopic (exact) mass is 348 g/mol. The first-order valence-corrected chi connectivity index (χ1v) is 8.19. The average molecular weight is 348 g/mol. The number of ether oxygens (including phenoxy) is 1. The molecule has 0 aliphatic rings. The maximum absolute atomic E-state index is 11.4. The van der Waals surface area contributed by atoms with E-state index < -0.39 is 0 Å². The second-order valence-electron chi connectivity index (χ2n) is 5.80. The van der Waals surface area contributed by atoms with Gasteiger partial charge in [-0.05, 0) is 50.2 Å². The van der Waals surface area contributed by atoms with Crippen LogP contribution in [0.3, 0.4) is 0 Å². The van der Waals surface area contributed by atoms with Crippen LogP contribution in [0.1, 0.15) is 23.0 Å². The average Bonchev–Trinajstić information content (AvgIpc) is 2.62. The quantitative estimate of drug-likeness (QED) is 0.640. The smallest absolute Gasteiger partial charge is 0.229 e. The normalized spacial score (nSPS) is 10.3. The van der Waals surface area contributed by atoms with Crippen molar-refractivity contribution in [3.05, 3.63) is 65.9 Å². The van der Waals surface area contributed by atoms with Crippen LogP contribution < -0.4 is 15.4 Å². The number of aryl methyl sites for hydroxylation is 1. The minimum absolute atomic E-state index is 0.0339. The minimum Gasteiger partial charge on any atom is -0.495 e. The van der Waals surface area contributed by atoms with Crippen molar-refractivity contribution in [2.45, 2.75) is 13.8 Å². The lowest BCUT2D eigenvalue weighted by atomic mass is 10.1. The van der Waals surface area contributed by atoms with Gasteiger partial charge in [-0.2, -0.15) is 4.98 Å². The van der Waals surface area contributed by atoms with Gasteiger partial charge < -0.3 is 15.4 Å². The summed E-state index contributed by atoms with van der Waals surface area (Å²) >= 11 is 0. The number of aromatic nitrogens is 2. The summed E-state index contributed by atoms with van der Waals surface area (Å²) in [6, 6.07) is 16.7. The molecule has 0 amide bonds. The highest BCUT2D eigenvalue weighted by atomic mass is 16.5. The van der Waals surface area contributed by atoms with E-state index >= 15 is 0 Å². The molecule has 1 heterocycles. The molecule has 0 bridgehead atoms. The lowest BCUT2D eigenvalue weighted by Gasteiger charge is -2.12. The van der Waals surface area contributed by atoms with Crippen LogP contribution in [0.2, 0.25) is 0 Å². The molecule has 0 radical (unpaired) electrons. The van der Waals surface area contributed by atoms with E-state index in [1.807, 2.05) is 49.4 Å². The first kappa shape index (κ1) is 17.4. The summed E-state index contributed by atoms with van der Waals surface area (Å²) in [6.07, 6.45) is 0. The molecule has 26 heavy (non-hydrogen) atoms. The number of Topliss-reactive ketones (excluding diaryl/α,β-unsaturated/α-hetero) is 1. The molecule has 3 rings (SSSR count). The van der Waals surface area contributed by atoms with Gasteiger partial charge in [-0.25, -0.2) is 4.98 Å². The molecule has 132 valence electrons. The highest BCUT2D eigenvalue weighted by molar-refractivity contribution is 5.94. The van der Waals surface area contributed by atoms with Crippen LogP contribution in [-0.2, 0) is 0 Å². The van der Waals surface area contributed by atoms with Gasteiger partial charge in [-0.1, -0.05) is 12.1 Å². The van der Waals surface area contributed by atoms with E-state index in [1.54, 1.807) is 26.2 Å². The zero-order valence-corrected chi connectivity index (χ0v) is 14.9. The number of methoxy groups -OCH3 is 1. The van der Waals surface area contributed by atoms with Crippen LogP contribution >= 0.6 is 0 Å². The van der Waals surface area contributed by atoms with Crippen molar-refractivity contribution >= 4 is 28.9 Å². The van der Waals surface area contributed by atoms with E-state index in [9.17, 15) is 4.79 Å². The third-order valence-electron chi connectivity index (χ3n) is 3.77. The third kappa shape index (κ3) is 4.16. The molecule has 0 atom stereocenters. The summed E-state index contributed by atoms with van der Waals surface area (Å²) in [5, 5.41) is 6.41. The van der Waals surface area contributed by atoms with Gasteiger partial charge in [-0.3, -0.25) is 4.79 Å². The van der Waals surface area contributed by atoms with E-state index in [2.05, 4.69) is 20.6 Å². The summed E-state index contributed by atoms with van der Waals surface area (Å²) in [7, 11) is 1.63. The summed E-state index contributed by atoms with van der Waals surface area (Å²) in [4.78, 5) is 20.3. The second kappa shape index (κ2) is 7.65. The van der Waals surface area contributed by atoms with E-state index in [4.69, 9.17) is 4.74 Å². The topological polar surface area (TPSA) is 76.1 Å². The van der Waals surface area contributed by atoms with Crippen LogP contribution in [-0.4, -0.2) is 22.9 Å². The van der Waals surface area contributed by atoms with Crippen LogP contribution in [0.25, 0.3) is 0 Å². The van der Waals surface area contributed by atoms with Crippen molar-refractivity contribution in [2.75, 3.05) is 17.7 Å². The van der Waals surface area contributed by atoms with Gasteiger partial charge in [0.1, 0.15) is 11.6 Å². The first-order valence-electron chi connectivity index (χ1n) is 8.19. The van der Waals surface area contributed by atoms with Crippen LogP contribution in [0, 0.1) is 6.92 Å². The number of nitrogens with zero attached hydrogens (tertiary/aromatic N) is 2. The van der Waals surface area contributed by atoms with Crippen molar-refractivity contribution in [1.82, 2.24) is 9.97 Å². The van der Waals surface area contributed by atoms with Gasteiger partial charge in [0.05, 0.1) is 12.8 Å². The SMILES string of the molecule is COc1ccccc1Nc1cc(C)nc(Nc2ccc(C(C)=O)cc2)n1. The number of para-hydroxylation sites is 2. The number of anilines is 4. The first-order chi connectivity index (χ1) is 12.5. The number of hydrogen-bond acceptors (Lipinski definition) is 6. The zero-order chi connectivity index (χ0) is 18.5. The van der Waals surface area contributed by atoms with Gasteiger partial charge in [0.25, 0.3) is 0 Å². The Bertz CT molecular complexity index is 923. The molecule has 2 aromatic carbocycles. The number of benzene rings is 2. The Morgan fingerprint density at radius 1 is 1.00 bits per heavy atom. The van der Waals surface area contributed by atoms with Gasteiger partial charge >= 0.3 is 0 Å². The van der Waals surface area contributed by atoms with Crippen LogP contribution in [0.4, 0.5) is 23.1 Å². The number of carbonyl (C=O) groups is 1. The van der Waals surface area contributed by atoms with E-state index in [-0.39, 0.29) is 5.78 Å². The Balaban J connectivity index is 1.82. The van der Waals surface area contributed by atoms with Crippen molar-refractivity contribution in [3.63, 3.8) is 0 Å². The van der Waals surface area contributed by atoms with Gasteiger partial charge in [0.2, 0.25) is 5.95 Å².